The molecule has 134 valence electrons. The fourth-order valence-corrected chi connectivity index (χ4v) is 3.48. The number of aromatic amines is 1. The second-order valence-corrected chi connectivity index (χ2v) is 6.88. The Balaban J connectivity index is 1.30. The molecule has 2 aromatic carbocycles. The summed E-state index contributed by atoms with van der Waals surface area (Å²) >= 11 is 1.27. The summed E-state index contributed by atoms with van der Waals surface area (Å²) in [5, 5.41) is 14.6. The van der Waals surface area contributed by atoms with E-state index < -0.39 is 0 Å². The topological polar surface area (TPSA) is 101 Å². The van der Waals surface area contributed by atoms with Crippen LogP contribution in [0.4, 0.5) is 16.5 Å². The summed E-state index contributed by atoms with van der Waals surface area (Å²) in [6.45, 7) is 0.196. The van der Waals surface area contributed by atoms with Crippen LogP contribution < -0.4 is 20.1 Å². The molecule has 0 unspecified atom stereocenters. The molecule has 0 saturated heterocycles. The summed E-state index contributed by atoms with van der Waals surface area (Å²) in [6.07, 6.45) is 3.30. The number of amides is 1. The Bertz CT molecular complexity index is 1150. The zero-order valence-corrected chi connectivity index (χ0v) is 14.7. The molecule has 0 fully saturated rings. The molecule has 9 heteroatoms. The minimum Gasteiger partial charge on any atom is -0.454 e. The molecule has 0 aliphatic carbocycles. The third-order valence-corrected chi connectivity index (χ3v) is 4.96. The molecule has 3 heterocycles. The molecule has 27 heavy (non-hydrogen) atoms. The molecular weight excluding hydrogens is 366 g/mol. The average molecular weight is 379 g/mol. The third-order valence-electron chi connectivity index (χ3n) is 4.05. The highest BCUT2D eigenvalue weighted by atomic mass is 32.1. The number of nitrogens with one attached hydrogen (secondary N) is 3. The van der Waals surface area contributed by atoms with Gasteiger partial charge in [0.25, 0.3) is 5.91 Å². The van der Waals surface area contributed by atoms with E-state index in [0.717, 1.165) is 16.6 Å². The van der Waals surface area contributed by atoms with Crippen molar-refractivity contribution in [3.05, 3.63) is 53.7 Å². The van der Waals surface area contributed by atoms with Crippen molar-refractivity contribution in [3.63, 3.8) is 0 Å². The van der Waals surface area contributed by atoms with Crippen LogP contribution >= 0.6 is 11.3 Å². The van der Waals surface area contributed by atoms with Gasteiger partial charge in [-0.2, -0.15) is 5.10 Å². The number of carbonyl (C=O) groups is 1. The van der Waals surface area contributed by atoms with Crippen LogP contribution in [0, 0.1) is 0 Å². The second kappa shape index (κ2) is 6.29. The van der Waals surface area contributed by atoms with E-state index in [1.807, 2.05) is 18.2 Å². The number of H-pyrrole nitrogens is 1. The van der Waals surface area contributed by atoms with Crippen LogP contribution in [0.3, 0.4) is 0 Å². The van der Waals surface area contributed by atoms with Crippen molar-refractivity contribution in [2.75, 3.05) is 17.4 Å². The lowest BCUT2D eigenvalue weighted by Crippen LogP contribution is -2.09. The summed E-state index contributed by atoms with van der Waals surface area (Å²) in [5.41, 5.74) is 2.47. The van der Waals surface area contributed by atoms with Gasteiger partial charge in [-0.25, -0.2) is 4.98 Å². The fourth-order valence-electron chi connectivity index (χ4n) is 2.75. The maximum atomic E-state index is 12.5. The Morgan fingerprint density at radius 2 is 1.96 bits per heavy atom. The number of ether oxygens (including phenoxy) is 2. The first-order valence-electron chi connectivity index (χ1n) is 8.12. The number of hydrogen-bond donors (Lipinski definition) is 3. The number of hydrogen-bond acceptors (Lipinski definition) is 7. The SMILES string of the molecule is O=C(Nc1ccc2c(c1)OCO2)c1cnc(Nc2ccc3[nH]ncc3c2)s1. The molecule has 3 N–H and O–H groups in total. The van der Waals surface area contributed by atoms with E-state index >= 15 is 0 Å². The first kappa shape index (κ1) is 15.6. The number of nitrogens with zero attached hydrogens (tertiary/aromatic N) is 2. The lowest BCUT2D eigenvalue weighted by atomic mass is 10.2. The Morgan fingerprint density at radius 1 is 1.07 bits per heavy atom. The highest BCUT2D eigenvalue weighted by Crippen LogP contribution is 2.34. The number of thiazole rings is 1. The summed E-state index contributed by atoms with van der Waals surface area (Å²) in [5.74, 6) is 1.06. The van der Waals surface area contributed by atoms with Crippen LogP contribution in [0.15, 0.2) is 48.8 Å². The van der Waals surface area contributed by atoms with Crippen molar-refractivity contribution in [2.45, 2.75) is 0 Å². The van der Waals surface area contributed by atoms with Crippen molar-refractivity contribution in [2.24, 2.45) is 0 Å². The standard InChI is InChI=1S/C18H13N5O3S/c24-17(21-12-2-4-14-15(6-12)26-9-25-14)16-8-19-18(27-16)22-11-1-3-13-10(5-11)7-20-23-13/h1-8H,9H2,(H,19,22)(H,20,23)(H,21,24). The Morgan fingerprint density at radius 3 is 2.93 bits per heavy atom. The zero-order valence-electron chi connectivity index (χ0n) is 13.9. The molecule has 1 aliphatic rings. The first-order valence-corrected chi connectivity index (χ1v) is 8.93. The molecule has 8 nitrogen and oxygen atoms in total. The van der Waals surface area contributed by atoms with E-state index in [1.54, 1.807) is 30.6 Å². The monoisotopic (exact) mass is 379 g/mol. The molecule has 0 saturated carbocycles. The Hall–Kier alpha value is -3.59. The second-order valence-electron chi connectivity index (χ2n) is 5.85. The van der Waals surface area contributed by atoms with Crippen molar-refractivity contribution >= 4 is 44.7 Å². The fraction of sp³-hybridized carbons (Fsp3) is 0.0556. The third kappa shape index (κ3) is 3.04. The van der Waals surface area contributed by atoms with Gasteiger partial charge in [-0.05, 0) is 30.3 Å². The Labute approximate surface area is 157 Å². The summed E-state index contributed by atoms with van der Waals surface area (Å²) in [4.78, 5) is 17.2. The maximum Gasteiger partial charge on any atom is 0.267 e. The van der Waals surface area contributed by atoms with E-state index in [0.29, 0.717) is 27.2 Å². The molecule has 1 amide bonds. The van der Waals surface area contributed by atoms with Crippen molar-refractivity contribution in [1.82, 2.24) is 15.2 Å². The summed E-state index contributed by atoms with van der Waals surface area (Å²) < 4.78 is 10.6. The van der Waals surface area contributed by atoms with Crippen molar-refractivity contribution in [3.8, 4) is 11.5 Å². The van der Waals surface area contributed by atoms with E-state index in [1.165, 1.54) is 11.3 Å². The molecule has 0 radical (unpaired) electrons. The van der Waals surface area contributed by atoms with Gasteiger partial charge in [-0.3, -0.25) is 9.89 Å². The Kier molecular flexibility index (Phi) is 3.65. The molecule has 2 aromatic heterocycles. The van der Waals surface area contributed by atoms with E-state index in [4.69, 9.17) is 9.47 Å². The molecule has 0 bridgehead atoms. The van der Waals surface area contributed by atoms with Crippen LogP contribution in [0.1, 0.15) is 9.67 Å². The van der Waals surface area contributed by atoms with Gasteiger partial charge in [0, 0.05) is 22.8 Å². The van der Waals surface area contributed by atoms with Gasteiger partial charge >= 0.3 is 0 Å². The number of fused-ring (bicyclic) bond motifs is 2. The lowest BCUT2D eigenvalue weighted by molar-refractivity contribution is 0.103. The van der Waals surface area contributed by atoms with Gasteiger partial charge in [-0.1, -0.05) is 11.3 Å². The number of benzene rings is 2. The van der Waals surface area contributed by atoms with Gasteiger partial charge in [0.15, 0.2) is 16.6 Å². The molecule has 4 aromatic rings. The number of anilines is 3. The molecular formula is C18H13N5O3S. The average Bonchev–Trinajstić information content (AvgIpc) is 3.41. The minimum atomic E-state index is -0.232. The van der Waals surface area contributed by atoms with Crippen LogP contribution in [0.25, 0.3) is 10.9 Å². The maximum absolute atomic E-state index is 12.5. The van der Waals surface area contributed by atoms with Crippen LogP contribution in [-0.4, -0.2) is 27.9 Å². The molecule has 0 spiro atoms. The van der Waals surface area contributed by atoms with Crippen LogP contribution in [0.5, 0.6) is 11.5 Å². The molecule has 0 atom stereocenters. The zero-order chi connectivity index (χ0) is 18.2. The van der Waals surface area contributed by atoms with Crippen molar-refractivity contribution < 1.29 is 14.3 Å². The lowest BCUT2D eigenvalue weighted by Gasteiger charge is -2.04. The predicted molar refractivity (Wildman–Crippen MR) is 102 cm³/mol. The van der Waals surface area contributed by atoms with Gasteiger partial charge in [0.2, 0.25) is 6.79 Å². The van der Waals surface area contributed by atoms with Gasteiger partial charge in [-0.15, -0.1) is 0 Å². The predicted octanol–water partition coefficient (Wildman–Crippen LogP) is 3.74. The minimum absolute atomic E-state index is 0.196. The van der Waals surface area contributed by atoms with E-state index in [2.05, 4.69) is 25.8 Å². The normalized spacial score (nSPS) is 12.3. The number of aromatic nitrogens is 3. The van der Waals surface area contributed by atoms with Crippen molar-refractivity contribution in [1.29, 1.82) is 0 Å². The molecule has 1 aliphatic heterocycles. The number of rotatable bonds is 4. The highest BCUT2D eigenvalue weighted by Gasteiger charge is 2.16. The van der Waals surface area contributed by atoms with E-state index in [-0.39, 0.29) is 12.7 Å². The van der Waals surface area contributed by atoms with Gasteiger partial charge in [0.1, 0.15) is 4.88 Å². The first-order chi connectivity index (χ1) is 13.2. The largest absolute Gasteiger partial charge is 0.454 e. The van der Waals surface area contributed by atoms with Crippen LogP contribution in [-0.2, 0) is 0 Å². The molecule has 5 rings (SSSR count). The smallest absolute Gasteiger partial charge is 0.267 e. The highest BCUT2D eigenvalue weighted by molar-refractivity contribution is 7.17. The van der Waals surface area contributed by atoms with Gasteiger partial charge in [0.05, 0.1) is 17.9 Å². The van der Waals surface area contributed by atoms with Gasteiger partial charge < -0.3 is 20.1 Å². The summed E-state index contributed by atoms with van der Waals surface area (Å²) in [7, 11) is 0. The van der Waals surface area contributed by atoms with Crippen LogP contribution in [0.2, 0.25) is 0 Å². The summed E-state index contributed by atoms with van der Waals surface area (Å²) in [6, 6.07) is 11.1. The quantitative estimate of drug-likeness (QED) is 0.499. The van der Waals surface area contributed by atoms with E-state index in [9.17, 15) is 4.79 Å². The number of carbonyl (C=O) groups excluding carboxylic acids is 1.